The van der Waals surface area contributed by atoms with Crippen molar-refractivity contribution in [3.8, 4) is 22.8 Å². The second-order valence-electron chi connectivity index (χ2n) is 7.58. The average Bonchev–Trinajstić information content (AvgIpc) is 2.84. The molecule has 0 saturated carbocycles. The molecule has 1 N–H and O–H groups in total. The minimum Gasteiger partial charge on any atom is -0.494 e. The van der Waals surface area contributed by atoms with Crippen molar-refractivity contribution in [2.24, 2.45) is 0 Å². The summed E-state index contributed by atoms with van der Waals surface area (Å²) in [7, 11) is 0. The van der Waals surface area contributed by atoms with Crippen molar-refractivity contribution >= 4 is 34.1 Å². The molecule has 0 unspecified atom stereocenters. The molecule has 0 aliphatic carbocycles. The van der Waals surface area contributed by atoms with E-state index in [2.05, 4.69) is 42.6 Å². The molecule has 10 heteroatoms. The summed E-state index contributed by atoms with van der Waals surface area (Å²) in [6.07, 6.45) is 0.857. The van der Waals surface area contributed by atoms with Gasteiger partial charge in [-0.05, 0) is 66.5 Å². The predicted octanol–water partition coefficient (Wildman–Crippen LogP) is 7.18. The molecule has 0 amide bonds. The Morgan fingerprint density at radius 2 is 1.57 bits per heavy atom. The highest BCUT2D eigenvalue weighted by Crippen LogP contribution is 2.27. The van der Waals surface area contributed by atoms with E-state index in [1.54, 1.807) is 6.07 Å². The molecule has 1 aromatic heterocycles. The number of halogens is 4. The van der Waals surface area contributed by atoms with Gasteiger partial charge in [0.05, 0.1) is 12.3 Å². The van der Waals surface area contributed by atoms with Gasteiger partial charge in [-0.25, -0.2) is 9.97 Å². The maximum Gasteiger partial charge on any atom is 0.573 e. The van der Waals surface area contributed by atoms with Gasteiger partial charge in [0.25, 0.3) is 0 Å². The Kier molecular flexibility index (Phi) is 10.9. The second kappa shape index (κ2) is 14.1. The van der Waals surface area contributed by atoms with Gasteiger partial charge in [0.1, 0.15) is 23.6 Å². The lowest BCUT2D eigenvalue weighted by molar-refractivity contribution is -0.274. The number of benzene rings is 2. The number of hydrogen-bond acceptors (Lipinski definition) is 6. The molecule has 3 aromatic rings. The molecule has 3 rings (SSSR count). The van der Waals surface area contributed by atoms with Gasteiger partial charge < -0.3 is 19.5 Å². The Morgan fingerprint density at radius 3 is 2.31 bits per heavy atom. The summed E-state index contributed by atoms with van der Waals surface area (Å²) < 4.78 is 53.5. The zero-order valence-electron chi connectivity index (χ0n) is 19.1. The van der Waals surface area contributed by atoms with Crippen LogP contribution in [0.25, 0.3) is 11.3 Å². The summed E-state index contributed by atoms with van der Waals surface area (Å²) in [5.41, 5.74) is 2.11. The summed E-state index contributed by atoms with van der Waals surface area (Å²) in [6, 6.07) is 14.8. The van der Waals surface area contributed by atoms with Gasteiger partial charge in [0.15, 0.2) is 0 Å². The van der Waals surface area contributed by atoms with Crippen molar-refractivity contribution < 1.29 is 27.4 Å². The highest BCUT2D eigenvalue weighted by molar-refractivity contribution is 14.1. The fourth-order valence-electron chi connectivity index (χ4n) is 3.11. The maximum absolute atomic E-state index is 12.3. The summed E-state index contributed by atoms with van der Waals surface area (Å²) in [5, 5.41) is 3.06. The summed E-state index contributed by atoms with van der Waals surface area (Å²) >= 11 is 2.37. The van der Waals surface area contributed by atoms with Gasteiger partial charge in [0, 0.05) is 30.5 Å². The summed E-state index contributed by atoms with van der Waals surface area (Å²) in [6.45, 7) is 2.17. The number of alkyl halides is 4. The molecule has 35 heavy (non-hydrogen) atoms. The lowest BCUT2D eigenvalue weighted by Crippen LogP contribution is -2.16. The van der Waals surface area contributed by atoms with Crippen LogP contribution in [0, 0.1) is 0 Å². The summed E-state index contributed by atoms with van der Waals surface area (Å²) in [5.74, 6) is 0.964. The fraction of sp³-hybridized carbons (Fsp3) is 0.360. The van der Waals surface area contributed by atoms with Gasteiger partial charge >= 0.3 is 6.36 Å². The largest absolute Gasteiger partial charge is 0.573 e. The Hall–Kier alpha value is -2.60. The Bertz CT molecular complexity index is 1040. The molecular formula is C25H27F3IN3O3. The highest BCUT2D eigenvalue weighted by atomic mass is 127. The first-order valence-electron chi connectivity index (χ1n) is 11.2. The molecule has 0 fully saturated rings. The standard InChI is InChI=1S/C25H27F3IN3O3/c26-25(27,28)35-21-10-8-20(9-11-21)32-24-17-23(30-18-31-24)19-6-5-7-22(16-19)34-15-4-3-14-33-13-2-1-12-29/h5-11,16-18H,1-4,12-15H2,(H,30,31,32). The molecule has 0 aliphatic rings. The van der Waals surface area contributed by atoms with E-state index in [-0.39, 0.29) is 5.75 Å². The van der Waals surface area contributed by atoms with Gasteiger partial charge in [-0.15, -0.1) is 13.2 Å². The molecule has 0 bridgehead atoms. The Morgan fingerprint density at radius 1 is 0.829 bits per heavy atom. The minimum atomic E-state index is -4.73. The zero-order valence-corrected chi connectivity index (χ0v) is 21.2. The number of aromatic nitrogens is 2. The van der Waals surface area contributed by atoms with Gasteiger partial charge in [-0.2, -0.15) is 0 Å². The first kappa shape index (κ1) is 27.0. The van der Waals surface area contributed by atoms with Crippen LogP contribution in [0.15, 0.2) is 60.9 Å². The number of nitrogens with one attached hydrogen (secondary N) is 1. The third-order valence-electron chi connectivity index (χ3n) is 4.78. The molecule has 6 nitrogen and oxygen atoms in total. The van der Waals surface area contributed by atoms with Gasteiger partial charge in [0.2, 0.25) is 0 Å². The van der Waals surface area contributed by atoms with Crippen LogP contribution in [0.1, 0.15) is 25.7 Å². The lowest BCUT2D eigenvalue weighted by Gasteiger charge is -2.11. The van der Waals surface area contributed by atoms with E-state index < -0.39 is 6.36 Å². The average molecular weight is 601 g/mol. The van der Waals surface area contributed by atoms with Crippen molar-refractivity contribution in [1.82, 2.24) is 9.97 Å². The van der Waals surface area contributed by atoms with Gasteiger partial charge in [-0.3, -0.25) is 0 Å². The molecule has 0 saturated heterocycles. The minimum absolute atomic E-state index is 0.289. The molecule has 1 heterocycles. The van der Waals surface area contributed by atoms with E-state index in [4.69, 9.17) is 9.47 Å². The quantitative estimate of drug-likeness (QED) is 0.120. The molecule has 188 valence electrons. The van der Waals surface area contributed by atoms with Crippen LogP contribution in [-0.2, 0) is 4.74 Å². The van der Waals surface area contributed by atoms with E-state index in [9.17, 15) is 13.2 Å². The number of nitrogens with zero attached hydrogens (tertiary/aromatic N) is 2. The Balaban J connectivity index is 1.50. The first-order valence-corrected chi connectivity index (χ1v) is 12.8. The summed E-state index contributed by atoms with van der Waals surface area (Å²) in [4.78, 5) is 8.52. The van der Waals surface area contributed by atoms with E-state index in [1.807, 2.05) is 24.3 Å². The van der Waals surface area contributed by atoms with E-state index in [0.29, 0.717) is 23.8 Å². The van der Waals surface area contributed by atoms with Crippen molar-refractivity contribution in [2.45, 2.75) is 32.0 Å². The third-order valence-corrected chi connectivity index (χ3v) is 5.54. The van der Waals surface area contributed by atoms with Crippen LogP contribution in [0.3, 0.4) is 0 Å². The van der Waals surface area contributed by atoms with Gasteiger partial charge in [-0.1, -0.05) is 34.7 Å². The van der Waals surface area contributed by atoms with Crippen LogP contribution in [-0.4, -0.2) is 40.6 Å². The van der Waals surface area contributed by atoms with E-state index in [1.165, 1.54) is 41.4 Å². The molecule has 0 aliphatic heterocycles. The fourth-order valence-corrected chi connectivity index (χ4v) is 3.65. The van der Waals surface area contributed by atoms with Crippen LogP contribution >= 0.6 is 22.6 Å². The molecule has 0 atom stereocenters. The van der Waals surface area contributed by atoms with Crippen molar-refractivity contribution in [1.29, 1.82) is 0 Å². The van der Waals surface area contributed by atoms with Crippen LogP contribution in [0.2, 0.25) is 0 Å². The first-order chi connectivity index (χ1) is 16.9. The molecule has 2 aromatic carbocycles. The normalized spacial score (nSPS) is 11.3. The topological polar surface area (TPSA) is 65.5 Å². The van der Waals surface area contributed by atoms with Crippen LogP contribution in [0.4, 0.5) is 24.7 Å². The maximum atomic E-state index is 12.3. The monoisotopic (exact) mass is 601 g/mol. The number of unbranched alkanes of at least 4 members (excludes halogenated alkanes) is 2. The van der Waals surface area contributed by atoms with Crippen molar-refractivity contribution in [3.63, 3.8) is 0 Å². The molecule has 0 spiro atoms. The smallest absolute Gasteiger partial charge is 0.494 e. The number of hydrogen-bond donors (Lipinski definition) is 1. The number of rotatable bonds is 14. The van der Waals surface area contributed by atoms with Crippen molar-refractivity contribution in [3.05, 3.63) is 60.9 Å². The van der Waals surface area contributed by atoms with Crippen LogP contribution in [0.5, 0.6) is 11.5 Å². The molecule has 0 radical (unpaired) electrons. The van der Waals surface area contributed by atoms with Crippen LogP contribution < -0.4 is 14.8 Å². The van der Waals surface area contributed by atoms with E-state index in [0.717, 1.165) is 43.8 Å². The zero-order chi connectivity index (χ0) is 24.9. The Labute approximate surface area is 216 Å². The highest BCUT2D eigenvalue weighted by Gasteiger charge is 2.30. The van der Waals surface area contributed by atoms with E-state index >= 15 is 0 Å². The number of anilines is 2. The van der Waals surface area contributed by atoms with Crippen molar-refractivity contribution in [2.75, 3.05) is 29.6 Å². The SMILES string of the molecule is FC(F)(F)Oc1ccc(Nc2cc(-c3cccc(OCCCCOCCCCI)c3)ncn2)cc1. The second-order valence-corrected chi connectivity index (χ2v) is 8.66. The molecular weight excluding hydrogens is 574 g/mol. The third kappa shape index (κ3) is 10.3. The lowest BCUT2D eigenvalue weighted by atomic mass is 10.1. The predicted molar refractivity (Wildman–Crippen MR) is 138 cm³/mol. The number of ether oxygens (including phenoxy) is 3.